The molecule has 0 spiro atoms. The molecule has 0 unspecified atom stereocenters. The molecule has 7 heteroatoms. The summed E-state index contributed by atoms with van der Waals surface area (Å²) in [4.78, 5) is 16.9. The highest BCUT2D eigenvalue weighted by Gasteiger charge is 2.15. The molecule has 0 fully saturated rings. The molecule has 0 aromatic heterocycles. The third kappa shape index (κ3) is 7.29. The number of amides is 1. The van der Waals surface area contributed by atoms with Gasteiger partial charge >= 0.3 is 0 Å². The number of rotatable bonds is 7. The Balaban J connectivity index is 0.00000225. The van der Waals surface area contributed by atoms with Gasteiger partial charge in [0, 0.05) is 37.3 Å². The number of carbonyl (C=O) groups excluding carboxylic acids is 1. The SMILES string of the molecule is CN(C)CCN(Cc1ccccc1Cl)C(=O)/C=C/c1cccc2c1CCNC2.Cl.Cl. The van der Waals surface area contributed by atoms with Crippen molar-refractivity contribution in [2.75, 3.05) is 33.7 Å². The van der Waals surface area contributed by atoms with Gasteiger partial charge in [0.25, 0.3) is 0 Å². The van der Waals surface area contributed by atoms with Gasteiger partial charge in [-0.3, -0.25) is 4.79 Å². The molecule has 0 radical (unpaired) electrons. The summed E-state index contributed by atoms with van der Waals surface area (Å²) in [5.74, 6) is 0.00769. The van der Waals surface area contributed by atoms with E-state index in [1.54, 1.807) is 6.08 Å². The number of fused-ring (bicyclic) bond motifs is 1. The van der Waals surface area contributed by atoms with E-state index in [2.05, 4.69) is 28.4 Å². The fraction of sp³-hybridized carbons (Fsp3) is 0.348. The molecule has 0 saturated heterocycles. The Labute approximate surface area is 197 Å². The number of hydrogen-bond acceptors (Lipinski definition) is 3. The van der Waals surface area contributed by atoms with Crippen LogP contribution >= 0.6 is 36.4 Å². The van der Waals surface area contributed by atoms with E-state index in [9.17, 15) is 4.79 Å². The normalized spacial score (nSPS) is 12.8. The fourth-order valence-electron chi connectivity index (χ4n) is 3.40. The minimum Gasteiger partial charge on any atom is -0.333 e. The molecule has 1 heterocycles. The zero-order chi connectivity index (χ0) is 19.9. The number of carbonyl (C=O) groups is 1. The highest BCUT2D eigenvalue weighted by atomic mass is 35.5. The minimum atomic E-state index is 0. The van der Waals surface area contributed by atoms with Crippen LogP contribution in [0.4, 0.5) is 0 Å². The standard InChI is InChI=1S/C23H28ClN3O.2ClH/c1-26(2)14-15-27(17-20-6-3-4-9-22(20)24)23(28)11-10-18-7-5-8-19-16-25-13-12-21(18)19;;/h3-11,25H,12-17H2,1-2H3;2*1H/b11-10+;;. The van der Waals surface area contributed by atoms with Crippen LogP contribution in [0.1, 0.15) is 22.3 Å². The summed E-state index contributed by atoms with van der Waals surface area (Å²) in [6, 6.07) is 14.0. The third-order valence-corrected chi connectivity index (χ3v) is 5.40. The Bertz CT molecular complexity index is 855. The van der Waals surface area contributed by atoms with Crippen LogP contribution in [-0.4, -0.2) is 49.4 Å². The number of halogens is 3. The number of benzene rings is 2. The first-order chi connectivity index (χ1) is 13.5. The van der Waals surface area contributed by atoms with Gasteiger partial charge in [0.05, 0.1) is 0 Å². The van der Waals surface area contributed by atoms with E-state index in [0.29, 0.717) is 18.1 Å². The Morgan fingerprint density at radius 1 is 1.10 bits per heavy atom. The molecular formula is C23H30Cl3N3O. The van der Waals surface area contributed by atoms with Crippen LogP contribution in [0.5, 0.6) is 0 Å². The van der Waals surface area contributed by atoms with E-state index in [-0.39, 0.29) is 30.7 Å². The lowest BCUT2D eigenvalue weighted by Crippen LogP contribution is -2.35. The van der Waals surface area contributed by atoms with E-state index >= 15 is 0 Å². The molecule has 0 bridgehead atoms. The molecule has 1 aliphatic rings. The van der Waals surface area contributed by atoms with Gasteiger partial charge in [-0.25, -0.2) is 0 Å². The summed E-state index contributed by atoms with van der Waals surface area (Å²) in [5.41, 5.74) is 4.77. The van der Waals surface area contributed by atoms with Gasteiger partial charge in [0.2, 0.25) is 5.91 Å². The van der Waals surface area contributed by atoms with Crippen LogP contribution < -0.4 is 5.32 Å². The largest absolute Gasteiger partial charge is 0.333 e. The fourth-order valence-corrected chi connectivity index (χ4v) is 3.60. The molecule has 30 heavy (non-hydrogen) atoms. The van der Waals surface area contributed by atoms with Crippen LogP contribution in [0.15, 0.2) is 48.5 Å². The monoisotopic (exact) mass is 469 g/mol. The Hall–Kier alpha value is -1.56. The molecule has 4 nitrogen and oxygen atoms in total. The molecule has 0 saturated carbocycles. The van der Waals surface area contributed by atoms with Crippen molar-refractivity contribution in [2.24, 2.45) is 0 Å². The van der Waals surface area contributed by atoms with Crippen molar-refractivity contribution in [1.29, 1.82) is 0 Å². The summed E-state index contributed by atoms with van der Waals surface area (Å²) >= 11 is 6.32. The minimum absolute atomic E-state index is 0. The first-order valence-corrected chi connectivity index (χ1v) is 10.1. The zero-order valence-corrected chi connectivity index (χ0v) is 19.8. The van der Waals surface area contributed by atoms with Crippen molar-refractivity contribution in [3.8, 4) is 0 Å². The molecule has 0 atom stereocenters. The van der Waals surface area contributed by atoms with Gasteiger partial charge in [0.1, 0.15) is 0 Å². The van der Waals surface area contributed by atoms with Gasteiger partial charge in [-0.1, -0.05) is 48.0 Å². The van der Waals surface area contributed by atoms with Crippen LogP contribution in [0.25, 0.3) is 6.08 Å². The quantitative estimate of drug-likeness (QED) is 0.608. The highest BCUT2D eigenvalue weighted by molar-refractivity contribution is 6.31. The van der Waals surface area contributed by atoms with Crippen molar-refractivity contribution >= 4 is 48.4 Å². The molecule has 2 aromatic carbocycles. The maximum absolute atomic E-state index is 13.0. The third-order valence-electron chi connectivity index (χ3n) is 5.03. The lowest BCUT2D eigenvalue weighted by Gasteiger charge is -2.24. The van der Waals surface area contributed by atoms with Gasteiger partial charge in [0.15, 0.2) is 0 Å². The van der Waals surface area contributed by atoms with E-state index in [4.69, 9.17) is 11.6 Å². The van der Waals surface area contributed by atoms with Crippen molar-refractivity contribution in [3.63, 3.8) is 0 Å². The molecule has 3 rings (SSSR count). The van der Waals surface area contributed by atoms with E-state index < -0.39 is 0 Å². The molecule has 1 N–H and O–H groups in total. The lowest BCUT2D eigenvalue weighted by molar-refractivity contribution is -0.126. The second kappa shape index (κ2) is 13.0. The predicted molar refractivity (Wildman–Crippen MR) is 131 cm³/mol. The predicted octanol–water partition coefficient (Wildman–Crippen LogP) is 4.43. The second-order valence-corrected chi connectivity index (χ2v) is 7.81. The summed E-state index contributed by atoms with van der Waals surface area (Å²) in [7, 11) is 4.02. The Morgan fingerprint density at radius 3 is 2.60 bits per heavy atom. The number of likely N-dealkylation sites (N-methyl/N-ethyl adjacent to an activating group) is 1. The summed E-state index contributed by atoms with van der Waals surface area (Å²) in [5, 5.41) is 4.09. The lowest BCUT2D eigenvalue weighted by atomic mass is 9.95. The van der Waals surface area contributed by atoms with Crippen molar-refractivity contribution < 1.29 is 4.79 Å². The van der Waals surface area contributed by atoms with Crippen LogP contribution in [0.3, 0.4) is 0 Å². The summed E-state index contributed by atoms with van der Waals surface area (Å²) in [6.07, 6.45) is 4.65. The topological polar surface area (TPSA) is 35.6 Å². The van der Waals surface area contributed by atoms with Gasteiger partial charge < -0.3 is 15.1 Å². The highest BCUT2D eigenvalue weighted by Crippen LogP contribution is 2.21. The maximum atomic E-state index is 13.0. The molecular weight excluding hydrogens is 441 g/mol. The first-order valence-electron chi connectivity index (χ1n) is 9.71. The van der Waals surface area contributed by atoms with Gasteiger partial charge in [-0.2, -0.15) is 0 Å². The van der Waals surface area contributed by atoms with Gasteiger partial charge in [-0.15, -0.1) is 24.8 Å². The molecule has 1 aliphatic heterocycles. The van der Waals surface area contributed by atoms with Crippen molar-refractivity contribution in [1.82, 2.24) is 15.1 Å². The zero-order valence-electron chi connectivity index (χ0n) is 17.4. The van der Waals surface area contributed by atoms with E-state index in [1.807, 2.05) is 49.3 Å². The summed E-state index contributed by atoms with van der Waals surface area (Å²) in [6.45, 7) is 3.84. The molecule has 0 aliphatic carbocycles. The summed E-state index contributed by atoms with van der Waals surface area (Å²) < 4.78 is 0. The number of hydrogen-bond donors (Lipinski definition) is 1. The average molecular weight is 471 g/mol. The van der Waals surface area contributed by atoms with Crippen LogP contribution in [0.2, 0.25) is 5.02 Å². The molecule has 2 aromatic rings. The van der Waals surface area contributed by atoms with E-state index in [0.717, 1.165) is 37.2 Å². The van der Waals surface area contributed by atoms with Crippen LogP contribution in [0, 0.1) is 0 Å². The van der Waals surface area contributed by atoms with E-state index in [1.165, 1.54) is 11.1 Å². The van der Waals surface area contributed by atoms with Crippen molar-refractivity contribution in [3.05, 3.63) is 75.8 Å². The smallest absolute Gasteiger partial charge is 0.246 e. The average Bonchev–Trinajstić information content (AvgIpc) is 2.70. The number of nitrogens with one attached hydrogen (secondary N) is 1. The molecule has 164 valence electrons. The second-order valence-electron chi connectivity index (χ2n) is 7.40. The van der Waals surface area contributed by atoms with Crippen molar-refractivity contribution in [2.45, 2.75) is 19.5 Å². The van der Waals surface area contributed by atoms with Gasteiger partial charge in [-0.05, 0) is 61.5 Å². The Kier molecular flexibility index (Phi) is 11.5. The maximum Gasteiger partial charge on any atom is 0.246 e. The number of nitrogens with zero attached hydrogens (tertiary/aromatic N) is 2. The Morgan fingerprint density at radius 2 is 1.87 bits per heavy atom. The molecule has 1 amide bonds. The van der Waals surface area contributed by atoms with Crippen LogP contribution in [-0.2, 0) is 24.3 Å². The first kappa shape index (κ1) is 26.5.